The lowest BCUT2D eigenvalue weighted by molar-refractivity contribution is -0.123. The molecule has 0 unspecified atom stereocenters. The second-order valence-electron chi connectivity index (χ2n) is 12.4. The predicted octanol–water partition coefficient (Wildman–Crippen LogP) is 9.01. The van der Waals surface area contributed by atoms with Crippen molar-refractivity contribution in [1.82, 2.24) is 15.5 Å². The van der Waals surface area contributed by atoms with Crippen molar-refractivity contribution < 1.29 is 18.7 Å². The summed E-state index contributed by atoms with van der Waals surface area (Å²) in [5.41, 5.74) is -0.131. The number of benzene rings is 1. The van der Waals surface area contributed by atoms with Gasteiger partial charge in [-0.05, 0) is 64.6 Å². The van der Waals surface area contributed by atoms with Gasteiger partial charge in [0.15, 0.2) is 0 Å². The van der Waals surface area contributed by atoms with Gasteiger partial charge in [-0.2, -0.15) is 0 Å². The summed E-state index contributed by atoms with van der Waals surface area (Å²) in [6.07, 6.45) is 19.5. The number of hydrogen-bond acceptors (Lipinski definition) is 7. The maximum atomic E-state index is 12.5. The van der Waals surface area contributed by atoms with Crippen LogP contribution in [0.1, 0.15) is 125 Å². The highest BCUT2D eigenvalue weighted by Gasteiger charge is 2.25. The van der Waals surface area contributed by atoms with E-state index in [4.69, 9.17) is 13.9 Å². The molecule has 2 rings (SSSR count). The van der Waals surface area contributed by atoms with E-state index in [0.29, 0.717) is 30.7 Å². The van der Waals surface area contributed by atoms with Crippen molar-refractivity contribution in [1.29, 1.82) is 0 Å². The van der Waals surface area contributed by atoms with Gasteiger partial charge in [0.25, 0.3) is 5.22 Å². The molecule has 0 bridgehead atoms. The maximum Gasteiger partial charge on any atom is 0.276 e. The smallest absolute Gasteiger partial charge is 0.276 e. The Hall–Kier alpha value is -2.06. The number of nitrogens with one attached hydrogen (secondary N) is 1. The standard InChI is InChI=1S/C33H55N3O4S/c1-7-8-9-10-11-12-13-14-15-16-17-18-19-20-29(37)34-32(2,3)25-38-26-33(4,5)40-28-23-21-27(22-24-28)30-35-36-31(39-30)41-6/h21-24H,7-20,25-26H2,1-6H3,(H,34,37). The fraction of sp³-hybridized carbons (Fsp3) is 0.727. The fourth-order valence-corrected chi connectivity index (χ4v) is 5.04. The van der Waals surface area contributed by atoms with Gasteiger partial charge >= 0.3 is 0 Å². The molecule has 0 atom stereocenters. The van der Waals surface area contributed by atoms with E-state index in [0.717, 1.165) is 24.2 Å². The number of thioether (sulfide) groups is 1. The summed E-state index contributed by atoms with van der Waals surface area (Å²) in [6.45, 7) is 11.1. The second-order valence-corrected chi connectivity index (χ2v) is 13.1. The van der Waals surface area contributed by atoms with Gasteiger partial charge in [0.05, 0.1) is 18.8 Å². The molecule has 0 radical (unpaired) electrons. The number of amides is 1. The van der Waals surface area contributed by atoms with Crippen LogP contribution in [0.25, 0.3) is 11.5 Å². The highest BCUT2D eigenvalue weighted by molar-refractivity contribution is 7.98. The van der Waals surface area contributed by atoms with Gasteiger partial charge < -0.3 is 19.2 Å². The van der Waals surface area contributed by atoms with Crippen molar-refractivity contribution in [2.75, 3.05) is 19.5 Å². The number of carbonyl (C=O) groups excluding carboxylic acids is 1. The zero-order chi connectivity index (χ0) is 30.0. The highest BCUT2D eigenvalue weighted by Crippen LogP contribution is 2.26. The fourth-order valence-electron chi connectivity index (χ4n) is 4.75. The average molecular weight is 590 g/mol. The minimum absolute atomic E-state index is 0.100. The van der Waals surface area contributed by atoms with Crippen LogP contribution in [-0.2, 0) is 9.53 Å². The Morgan fingerprint density at radius 1 is 0.829 bits per heavy atom. The van der Waals surface area contributed by atoms with Crippen LogP contribution in [0.4, 0.5) is 0 Å². The largest absolute Gasteiger partial charge is 0.485 e. The molecule has 0 aliphatic heterocycles. The zero-order valence-corrected chi connectivity index (χ0v) is 27.4. The Bertz CT molecular complexity index is 975. The molecule has 232 valence electrons. The predicted molar refractivity (Wildman–Crippen MR) is 170 cm³/mol. The third-order valence-electron chi connectivity index (χ3n) is 6.97. The van der Waals surface area contributed by atoms with E-state index in [2.05, 4.69) is 22.4 Å². The second kappa shape index (κ2) is 19.2. The lowest BCUT2D eigenvalue weighted by Gasteiger charge is -2.30. The van der Waals surface area contributed by atoms with Gasteiger partial charge in [0.1, 0.15) is 11.4 Å². The molecule has 8 heteroatoms. The normalized spacial score (nSPS) is 12.0. The van der Waals surface area contributed by atoms with Crippen molar-refractivity contribution in [2.45, 2.75) is 141 Å². The summed E-state index contributed by atoms with van der Waals surface area (Å²) in [6, 6.07) is 7.58. The third-order valence-corrected chi connectivity index (χ3v) is 7.49. The SMILES string of the molecule is CCCCCCCCCCCCCCCC(=O)NC(C)(C)COCC(C)(C)Oc1ccc(-c2nnc(SC)o2)cc1. The zero-order valence-electron chi connectivity index (χ0n) is 26.6. The number of carbonyl (C=O) groups is 1. The molecule has 41 heavy (non-hydrogen) atoms. The first-order chi connectivity index (χ1) is 19.6. The Labute approximate surface area is 253 Å². The molecular formula is C33H55N3O4S. The van der Waals surface area contributed by atoms with Gasteiger partial charge in [-0.3, -0.25) is 4.79 Å². The summed E-state index contributed by atoms with van der Waals surface area (Å²) in [5.74, 6) is 1.32. The number of aromatic nitrogens is 2. The van der Waals surface area contributed by atoms with Gasteiger partial charge in [0.2, 0.25) is 11.8 Å². The first-order valence-corrected chi connectivity index (χ1v) is 16.9. The van der Waals surface area contributed by atoms with E-state index < -0.39 is 11.1 Å². The lowest BCUT2D eigenvalue weighted by atomic mass is 10.0. The molecule has 1 N–H and O–H groups in total. The van der Waals surface area contributed by atoms with E-state index in [-0.39, 0.29) is 5.91 Å². The summed E-state index contributed by atoms with van der Waals surface area (Å²) < 4.78 is 17.7. The Morgan fingerprint density at radius 2 is 1.39 bits per heavy atom. The number of rotatable bonds is 23. The first kappa shape index (κ1) is 35.1. The highest BCUT2D eigenvalue weighted by atomic mass is 32.2. The number of nitrogens with zero attached hydrogens (tertiary/aromatic N) is 2. The summed E-state index contributed by atoms with van der Waals surface area (Å²) in [7, 11) is 0. The van der Waals surface area contributed by atoms with Crippen LogP contribution in [0.3, 0.4) is 0 Å². The molecule has 0 fully saturated rings. The first-order valence-electron chi connectivity index (χ1n) is 15.7. The van der Waals surface area contributed by atoms with Crippen LogP contribution in [0.15, 0.2) is 33.9 Å². The summed E-state index contributed by atoms with van der Waals surface area (Å²) in [4.78, 5) is 12.5. The molecule has 0 aliphatic rings. The quantitative estimate of drug-likeness (QED) is 0.102. The van der Waals surface area contributed by atoms with E-state index in [1.165, 1.54) is 82.4 Å². The molecule has 1 amide bonds. The number of hydrogen-bond donors (Lipinski definition) is 1. The van der Waals surface area contributed by atoms with Crippen molar-refractivity contribution >= 4 is 17.7 Å². The average Bonchev–Trinajstić information content (AvgIpc) is 3.40. The molecule has 1 aromatic carbocycles. The molecule has 2 aromatic rings. The molecule has 0 saturated heterocycles. The molecular weight excluding hydrogens is 534 g/mol. The van der Waals surface area contributed by atoms with Crippen LogP contribution in [0.5, 0.6) is 5.75 Å². The van der Waals surface area contributed by atoms with Crippen LogP contribution in [-0.4, -0.2) is 46.7 Å². The van der Waals surface area contributed by atoms with Gasteiger partial charge in [-0.25, -0.2) is 0 Å². The van der Waals surface area contributed by atoms with Crippen molar-refractivity contribution in [2.24, 2.45) is 0 Å². The van der Waals surface area contributed by atoms with Crippen molar-refractivity contribution in [3.05, 3.63) is 24.3 Å². The van der Waals surface area contributed by atoms with E-state index in [1.807, 2.05) is 58.2 Å². The molecule has 0 aliphatic carbocycles. The summed E-state index contributed by atoms with van der Waals surface area (Å²) in [5, 5.41) is 11.7. The molecule has 0 spiro atoms. The van der Waals surface area contributed by atoms with Crippen LogP contribution < -0.4 is 10.1 Å². The van der Waals surface area contributed by atoms with E-state index in [1.54, 1.807) is 0 Å². The van der Waals surface area contributed by atoms with Crippen LogP contribution in [0, 0.1) is 0 Å². The number of unbranched alkanes of at least 4 members (excludes halogenated alkanes) is 12. The van der Waals surface area contributed by atoms with Crippen molar-refractivity contribution in [3.8, 4) is 17.2 Å². The van der Waals surface area contributed by atoms with Gasteiger partial charge in [-0.1, -0.05) is 95.7 Å². The summed E-state index contributed by atoms with van der Waals surface area (Å²) >= 11 is 1.42. The monoisotopic (exact) mass is 589 g/mol. The van der Waals surface area contributed by atoms with Crippen molar-refractivity contribution in [3.63, 3.8) is 0 Å². The molecule has 1 aromatic heterocycles. The Kier molecular flexibility index (Phi) is 16.4. The van der Waals surface area contributed by atoms with E-state index in [9.17, 15) is 4.79 Å². The molecule has 7 nitrogen and oxygen atoms in total. The third kappa shape index (κ3) is 15.7. The Morgan fingerprint density at radius 3 is 1.93 bits per heavy atom. The minimum atomic E-state index is -0.535. The lowest BCUT2D eigenvalue weighted by Crippen LogP contribution is -2.48. The molecule has 0 saturated carbocycles. The Balaban J connectivity index is 1.55. The minimum Gasteiger partial charge on any atom is -0.485 e. The van der Waals surface area contributed by atoms with Gasteiger partial charge in [-0.15, -0.1) is 10.2 Å². The van der Waals surface area contributed by atoms with Crippen LogP contribution in [0.2, 0.25) is 0 Å². The van der Waals surface area contributed by atoms with Crippen LogP contribution >= 0.6 is 11.8 Å². The van der Waals surface area contributed by atoms with Gasteiger partial charge in [0, 0.05) is 12.0 Å². The van der Waals surface area contributed by atoms with E-state index >= 15 is 0 Å². The maximum absolute atomic E-state index is 12.5. The topological polar surface area (TPSA) is 86.5 Å². The molecule has 1 heterocycles. The number of ether oxygens (including phenoxy) is 2.